The molecule has 0 radical (unpaired) electrons. The van der Waals surface area contributed by atoms with Gasteiger partial charge in [-0.05, 0) is 57.7 Å². The van der Waals surface area contributed by atoms with Crippen molar-refractivity contribution >= 4 is 5.69 Å². The first-order chi connectivity index (χ1) is 8.67. The van der Waals surface area contributed by atoms with E-state index in [0.29, 0.717) is 0 Å². The van der Waals surface area contributed by atoms with Crippen LogP contribution >= 0.6 is 0 Å². The molecule has 2 nitrogen and oxygen atoms in total. The van der Waals surface area contributed by atoms with Crippen LogP contribution in [0.3, 0.4) is 0 Å². The molecule has 102 valence electrons. The predicted octanol–water partition coefficient (Wildman–Crippen LogP) is 3.59. The highest BCUT2D eigenvalue weighted by atomic mass is 15.1. The van der Waals surface area contributed by atoms with Crippen LogP contribution in [0.25, 0.3) is 0 Å². The quantitative estimate of drug-likeness (QED) is 0.762. The maximum atomic E-state index is 5.58. The summed E-state index contributed by atoms with van der Waals surface area (Å²) in [6, 6.07) is 8.83. The van der Waals surface area contributed by atoms with Crippen LogP contribution < -0.4 is 10.6 Å². The second kappa shape index (κ2) is 8.15. The molecule has 0 saturated heterocycles. The van der Waals surface area contributed by atoms with Gasteiger partial charge in [0.05, 0.1) is 0 Å². The predicted molar refractivity (Wildman–Crippen MR) is 81.1 cm³/mol. The van der Waals surface area contributed by atoms with Crippen molar-refractivity contribution in [3.8, 4) is 0 Å². The third-order valence-corrected chi connectivity index (χ3v) is 3.57. The number of benzene rings is 1. The standard InChI is InChI=1S/C16H28N2/c1-4-18(13-5-6-14(2)11-12-17)16-9-7-15(3)8-10-16/h7-10,14H,4-6,11-13,17H2,1-3H3. The third-order valence-electron chi connectivity index (χ3n) is 3.57. The zero-order valence-corrected chi connectivity index (χ0v) is 12.2. The number of rotatable bonds is 8. The average molecular weight is 248 g/mol. The Morgan fingerprint density at radius 1 is 1.17 bits per heavy atom. The molecule has 1 rings (SSSR count). The van der Waals surface area contributed by atoms with E-state index in [2.05, 4.69) is 49.9 Å². The van der Waals surface area contributed by atoms with Gasteiger partial charge in [-0.3, -0.25) is 0 Å². The van der Waals surface area contributed by atoms with Crippen LogP contribution in [0.4, 0.5) is 5.69 Å². The van der Waals surface area contributed by atoms with Crippen molar-refractivity contribution in [1.82, 2.24) is 0 Å². The van der Waals surface area contributed by atoms with E-state index in [0.717, 1.165) is 32.0 Å². The fraction of sp³-hybridized carbons (Fsp3) is 0.625. The minimum Gasteiger partial charge on any atom is -0.372 e. The maximum Gasteiger partial charge on any atom is 0.0366 e. The molecule has 0 amide bonds. The summed E-state index contributed by atoms with van der Waals surface area (Å²) in [6.07, 6.45) is 3.68. The van der Waals surface area contributed by atoms with Gasteiger partial charge < -0.3 is 10.6 Å². The third kappa shape index (κ3) is 5.09. The van der Waals surface area contributed by atoms with Crippen LogP contribution in [0.1, 0.15) is 38.7 Å². The summed E-state index contributed by atoms with van der Waals surface area (Å²) in [5.74, 6) is 0.756. The highest BCUT2D eigenvalue weighted by Crippen LogP contribution is 2.17. The lowest BCUT2D eigenvalue weighted by molar-refractivity contribution is 0.480. The van der Waals surface area contributed by atoms with Gasteiger partial charge in [-0.1, -0.05) is 24.6 Å². The second-order valence-electron chi connectivity index (χ2n) is 5.24. The van der Waals surface area contributed by atoms with Crippen molar-refractivity contribution in [3.05, 3.63) is 29.8 Å². The molecule has 0 aliphatic rings. The molecule has 18 heavy (non-hydrogen) atoms. The van der Waals surface area contributed by atoms with Crippen LogP contribution in [-0.2, 0) is 0 Å². The summed E-state index contributed by atoms with van der Waals surface area (Å²) in [6.45, 7) is 9.70. The summed E-state index contributed by atoms with van der Waals surface area (Å²) in [4.78, 5) is 2.45. The maximum absolute atomic E-state index is 5.58. The van der Waals surface area contributed by atoms with E-state index in [1.165, 1.54) is 24.1 Å². The Hall–Kier alpha value is -1.02. The fourth-order valence-corrected chi connectivity index (χ4v) is 2.28. The Balaban J connectivity index is 2.40. The molecule has 0 heterocycles. The Morgan fingerprint density at radius 3 is 2.39 bits per heavy atom. The van der Waals surface area contributed by atoms with E-state index in [1.807, 2.05) is 0 Å². The zero-order valence-electron chi connectivity index (χ0n) is 12.2. The number of nitrogens with two attached hydrogens (primary N) is 1. The van der Waals surface area contributed by atoms with Crippen molar-refractivity contribution in [2.45, 2.75) is 40.0 Å². The Bertz CT molecular complexity index is 318. The Labute approximate surface area is 112 Å². The van der Waals surface area contributed by atoms with Crippen molar-refractivity contribution < 1.29 is 0 Å². The van der Waals surface area contributed by atoms with Crippen molar-refractivity contribution in [2.75, 3.05) is 24.5 Å². The van der Waals surface area contributed by atoms with Crippen LogP contribution in [-0.4, -0.2) is 19.6 Å². The van der Waals surface area contributed by atoms with E-state index >= 15 is 0 Å². The topological polar surface area (TPSA) is 29.3 Å². The molecule has 2 heteroatoms. The second-order valence-corrected chi connectivity index (χ2v) is 5.24. The molecule has 0 spiro atoms. The first-order valence-electron chi connectivity index (χ1n) is 7.19. The van der Waals surface area contributed by atoms with E-state index in [9.17, 15) is 0 Å². The Kier molecular flexibility index (Phi) is 6.81. The highest BCUT2D eigenvalue weighted by Gasteiger charge is 2.05. The van der Waals surface area contributed by atoms with Crippen LogP contribution in [0.15, 0.2) is 24.3 Å². The average Bonchev–Trinajstić information content (AvgIpc) is 2.36. The number of aryl methyl sites for hydroxylation is 1. The minimum atomic E-state index is 0.756. The summed E-state index contributed by atoms with van der Waals surface area (Å²) < 4.78 is 0. The SMILES string of the molecule is CCN(CCCC(C)CCN)c1ccc(C)cc1. The van der Waals surface area contributed by atoms with Gasteiger partial charge in [0.2, 0.25) is 0 Å². The molecule has 0 aliphatic heterocycles. The summed E-state index contributed by atoms with van der Waals surface area (Å²) in [5.41, 5.74) is 8.25. The molecule has 0 bridgehead atoms. The first-order valence-corrected chi connectivity index (χ1v) is 7.19. The smallest absolute Gasteiger partial charge is 0.0366 e. The highest BCUT2D eigenvalue weighted by molar-refractivity contribution is 5.47. The monoisotopic (exact) mass is 248 g/mol. The largest absolute Gasteiger partial charge is 0.372 e. The van der Waals surface area contributed by atoms with E-state index in [-0.39, 0.29) is 0 Å². The molecule has 1 aromatic carbocycles. The molecule has 0 fully saturated rings. The van der Waals surface area contributed by atoms with Crippen LogP contribution in [0, 0.1) is 12.8 Å². The molecule has 1 unspecified atom stereocenters. The van der Waals surface area contributed by atoms with E-state index < -0.39 is 0 Å². The van der Waals surface area contributed by atoms with E-state index in [1.54, 1.807) is 0 Å². The van der Waals surface area contributed by atoms with Crippen molar-refractivity contribution in [1.29, 1.82) is 0 Å². The van der Waals surface area contributed by atoms with Gasteiger partial charge >= 0.3 is 0 Å². The molecule has 0 aromatic heterocycles. The molecule has 0 saturated carbocycles. The van der Waals surface area contributed by atoms with Gasteiger partial charge in [-0.25, -0.2) is 0 Å². The normalized spacial score (nSPS) is 12.4. The lowest BCUT2D eigenvalue weighted by Gasteiger charge is -2.24. The molecular formula is C16H28N2. The number of hydrogen-bond donors (Lipinski definition) is 1. The van der Waals surface area contributed by atoms with Gasteiger partial charge in [-0.15, -0.1) is 0 Å². The number of anilines is 1. The van der Waals surface area contributed by atoms with Gasteiger partial charge in [0, 0.05) is 18.8 Å². The van der Waals surface area contributed by atoms with Gasteiger partial charge in [0.15, 0.2) is 0 Å². The summed E-state index contributed by atoms with van der Waals surface area (Å²) in [7, 11) is 0. The molecule has 2 N–H and O–H groups in total. The minimum absolute atomic E-state index is 0.756. The summed E-state index contributed by atoms with van der Waals surface area (Å²) in [5, 5.41) is 0. The Morgan fingerprint density at radius 2 is 1.83 bits per heavy atom. The van der Waals surface area contributed by atoms with Crippen molar-refractivity contribution in [3.63, 3.8) is 0 Å². The van der Waals surface area contributed by atoms with Crippen LogP contribution in [0.5, 0.6) is 0 Å². The number of nitrogens with zero attached hydrogens (tertiary/aromatic N) is 1. The zero-order chi connectivity index (χ0) is 13.4. The van der Waals surface area contributed by atoms with Gasteiger partial charge in [0.1, 0.15) is 0 Å². The van der Waals surface area contributed by atoms with E-state index in [4.69, 9.17) is 5.73 Å². The fourth-order valence-electron chi connectivity index (χ4n) is 2.28. The summed E-state index contributed by atoms with van der Waals surface area (Å²) >= 11 is 0. The van der Waals surface area contributed by atoms with Crippen LogP contribution in [0.2, 0.25) is 0 Å². The molecule has 1 atom stereocenters. The van der Waals surface area contributed by atoms with Gasteiger partial charge in [-0.2, -0.15) is 0 Å². The number of hydrogen-bond acceptors (Lipinski definition) is 2. The molecule has 1 aromatic rings. The molecular weight excluding hydrogens is 220 g/mol. The lowest BCUT2D eigenvalue weighted by Crippen LogP contribution is -2.24. The van der Waals surface area contributed by atoms with Gasteiger partial charge in [0.25, 0.3) is 0 Å². The van der Waals surface area contributed by atoms with Crippen molar-refractivity contribution in [2.24, 2.45) is 11.7 Å². The first kappa shape index (κ1) is 15.0. The molecule has 0 aliphatic carbocycles. The lowest BCUT2D eigenvalue weighted by atomic mass is 10.0.